The quantitative estimate of drug-likeness (QED) is 0.741. The molecule has 130 valence electrons. The van der Waals surface area contributed by atoms with E-state index in [1.807, 2.05) is 24.3 Å². The van der Waals surface area contributed by atoms with E-state index in [1.54, 1.807) is 18.3 Å². The Bertz CT molecular complexity index is 738. The van der Waals surface area contributed by atoms with Crippen molar-refractivity contribution in [1.82, 2.24) is 4.98 Å². The van der Waals surface area contributed by atoms with Gasteiger partial charge >= 0.3 is 0 Å². The molecule has 1 amide bonds. The fourth-order valence-corrected chi connectivity index (χ4v) is 3.09. The third-order valence-corrected chi connectivity index (χ3v) is 4.74. The minimum Gasteiger partial charge on any atom is -0.357 e. The highest BCUT2D eigenvalue weighted by atomic mass is 79.9. The number of hydrogen-bond donors (Lipinski definition) is 1. The Hall–Kier alpha value is -2.21. The van der Waals surface area contributed by atoms with Gasteiger partial charge in [0.1, 0.15) is 5.82 Å². The number of benzene rings is 1. The number of anilines is 2. The first-order chi connectivity index (χ1) is 12.1. The Morgan fingerprint density at radius 1 is 1.04 bits per heavy atom. The lowest BCUT2D eigenvalue weighted by molar-refractivity contribution is -0.116. The van der Waals surface area contributed by atoms with E-state index < -0.39 is 0 Å². The maximum Gasteiger partial charge on any atom is 0.224 e. The van der Waals surface area contributed by atoms with Crippen molar-refractivity contribution >= 4 is 39.1 Å². The van der Waals surface area contributed by atoms with E-state index in [0.29, 0.717) is 11.3 Å². The molecule has 1 N–H and O–H groups in total. The molecule has 1 aliphatic rings. The highest BCUT2D eigenvalue weighted by Gasteiger charge is 2.14. The molecule has 0 atom stereocenters. The van der Waals surface area contributed by atoms with Gasteiger partial charge < -0.3 is 10.2 Å². The van der Waals surface area contributed by atoms with Gasteiger partial charge in [0.15, 0.2) is 5.78 Å². The van der Waals surface area contributed by atoms with Crippen molar-refractivity contribution in [3.63, 3.8) is 0 Å². The molecule has 1 fully saturated rings. The summed E-state index contributed by atoms with van der Waals surface area (Å²) in [7, 11) is 0. The summed E-state index contributed by atoms with van der Waals surface area (Å²) in [6.07, 6.45) is 4.41. The molecule has 5 nitrogen and oxygen atoms in total. The van der Waals surface area contributed by atoms with Gasteiger partial charge in [-0.15, -0.1) is 0 Å². The number of halogens is 1. The number of amides is 1. The second kappa shape index (κ2) is 8.25. The fraction of sp³-hybridized carbons (Fsp3) is 0.316. The summed E-state index contributed by atoms with van der Waals surface area (Å²) in [5, 5.41) is 2.80. The molecule has 1 saturated heterocycles. The second-order valence-corrected chi connectivity index (χ2v) is 6.99. The van der Waals surface area contributed by atoms with Crippen molar-refractivity contribution in [1.29, 1.82) is 0 Å². The third-order valence-electron chi connectivity index (χ3n) is 4.21. The molecule has 0 spiro atoms. The molecule has 2 heterocycles. The van der Waals surface area contributed by atoms with Gasteiger partial charge in [0, 0.05) is 36.0 Å². The Labute approximate surface area is 155 Å². The van der Waals surface area contributed by atoms with Gasteiger partial charge in [-0.3, -0.25) is 9.59 Å². The zero-order chi connectivity index (χ0) is 17.6. The van der Waals surface area contributed by atoms with E-state index in [-0.39, 0.29) is 24.5 Å². The van der Waals surface area contributed by atoms with Crippen LogP contribution in [0.2, 0.25) is 0 Å². The monoisotopic (exact) mass is 401 g/mol. The van der Waals surface area contributed by atoms with Crippen LogP contribution in [0.3, 0.4) is 0 Å². The van der Waals surface area contributed by atoms with E-state index in [2.05, 4.69) is 31.1 Å². The van der Waals surface area contributed by atoms with E-state index >= 15 is 0 Å². The number of nitrogens with zero attached hydrogens (tertiary/aromatic N) is 2. The van der Waals surface area contributed by atoms with Crippen LogP contribution in [-0.4, -0.2) is 29.8 Å². The summed E-state index contributed by atoms with van der Waals surface area (Å²) >= 11 is 3.34. The van der Waals surface area contributed by atoms with Crippen molar-refractivity contribution in [2.24, 2.45) is 0 Å². The van der Waals surface area contributed by atoms with Gasteiger partial charge in [0.25, 0.3) is 0 Å². The summed E-state index contributed by atoms with van der Waals surface area (Å²) in [5.74, 6) is 0.729. The van der Waals surface area contributed by atoms with Crippen LogP contribution in [0.1, 0.15) is 36.0 Å². The number of hydrogen-bond acceptors (Lipinski definition) is 4. The smallest absolute Gasteiger partial charge is 0.224 e. The summed E-state index contributed by atoms with van der Waals surface area (Å²) < 4.78 is 0.923. The number of ketones is 1. The molecule has 25 heavy (non-hydrogen) atoms. The lowest BCUT2D eigenvalue weighted by atomic mass is 10.1. The first-order valence-electron chi connectivity index (χ1n) is 8.41. The maximum absolute atomic E-state index is 12.1. The summed E-state index contributed by atoms with van der Waals surface area (Å²) in [5.41, 5.74) is 1.27. The highest BCUT2D eigenvalue weighted by molar-refractivity contribution is 9.10. The van der Waals surface area contributed by atoms with Crippen LogP contribution in [0.5, 0.6) is 0 Å². The molecule has 1 aromatic carbocycles. The molecular weight excluding hydrogens is 382 g/mol. The van der Waals surface area contributed by atoms with Gasteiger partial charge in [-0.2, -0.15) is 0 Å². The maximum atomic E-state index is 12.1. The standard InChI is InChI=1S/C19H20BrN3O2/c20-15-5-3-14(4-6-15)17(24)8-10-19(25)22-16-7-9-18(21-13-16)23-11-1-2-12-23/h3-7,9,13H,1-2,8,10-12H2,(H,22,25). The zero-order valence-electron chi connectivity index (χ0n) is 13.9. The number of Topliss-reactive ketones (excluding diaryl/α,β-unsaturated/α-hetero) is 1. The number of carbonyl (C=O) groups excluding carboxylic acids is 2. The predicted octanol–water partition coefficient (Wildman–Crippen LogP) is 4.05. The van der Waals surface area contributed by atoms with Crippen molar-refractivity contribution in [3.05, 3.63) is 52.6 Å². The minimum absolute atomic E-state index is 0.0369. The highest BCUT2D eigenvalue weighted by Crippen LogP contribution is 2.19. The predicted molar refractivity (Wildman–Crippen MR) is 102 cm³/mol. The van der Waals surface area contributed by atoms with Crippen LogP contribution in [0.25, 0.3) is 0 Å². The SMILES string of the molecule is O=C(CCC(=O)c1ccc(Br)cc1)Nc1ccc(N2CCCC2)nc1. The van der Waals surface area contributed by atoms with Crippen LogP contribution in [0.15, 0.2) is 47.1 Å². The summed E-state index contributed by atoms with van der Waals surface area (Å²) in [6.45, 7) is 2.08. The van der Waals surface area contributed by atoms with Gasteiger partial charge in [-0.1, -0.05) is 28.1 Å². The lowest BCUT2D eigenvalue weighted by Gasteiger charge is -2.16. The molecule has 3 rings (SSSR count). The first-order valence-corrected chi connectivity index (χ1v) is 9.21. The lowest BCUT2D eigenvalue weighted by Crippen LogP contribution is -2.19. The van der Waals surface area contributed by atoms with Crippen LogP contribution >= 0.6 is 15.9 Å². The molecule has 0 bridgehead atoms. The molecule has 6 heteroatoms. The minimum atomic E-state index is -0.179. The molecule has 0 unspecified atom stereocenters. The molecule has 2 aromatic rings. The Morgan fingerprint density at radius 3 is 2.40 bits per heavy atom. The zero-order valence-corrected chi connectivity index (χ0v) is 15.5. The number of aromatic nitrogens is 1. The number of pyridine rings is 1. The number of carbonyl (C=O) groups is 2. The van der Waals surface area contributed by atoms with Crippen molar-refractivity contribution in [2.75, 3.05) is 23.3 Å². The second-order valence-electron chi connectivity index (χ2n) is 6.08. The number of rotatable bonds is 6. The van der Waals surface area contributed by atoms with Crippen molar-refractivity contribution in [3.8, 4) is 0 Å². The van der Waals surface area contributed by atoms with E-state index in [1.165, 1.54) is 12.8 Å². The molecule has 0 aliphatic carbocycles. The van der Waals surface area contributed by atoms with Crippen LogP contribution < -0.4 is 10.2 Å². The fourth-order valence-electron chi connectivity index (χ4n) is 2.82. The Morgan fingerprint density at radius 2 is 1.76 bits per heavy atom. The van der Waals surface area contributed by atoms with Crippen LogP contribution in [-0.2, 0) is 4.79 Å². The molecule has 0 saturated carbocycles. The normalized spacial score (nSPS) is 13.7. The molecule has 1 aromatic heterocycles. The summed E-state index contributed by atoms with van der Waals surface area (Å²) in [6, 6.07) is 10.9. The Kier molecular flexibility index (Phi) is 5.81. The van der Waals surface area contributed by atoms with Gasteiger partial charge in [-0.25, -0.2) is 4.98 Å². The van der Waals surface area contributed by atoms with Crippen LogP contribution in [0, 0.1) is 0 Å². The largest absolute Gasteiger partial charge is 0.357 e. The first kappa shape index (κ1) is 17.6. The number of nitrogens with one attached hydrogen (secondary N) is 1. The van der Waals surface area contributed by atoms with E-state index in [0.717, 1.165) is 23.4 Å². The molecule has 0 radical (unpaired) electrons. The molecule has 1 aliphatic heterocycles. The average Bonchev–Trinajstić information content (AvgIpc) is 3.15. The van der Waals surface area contributed by atoms with E-state index in [4.69, 9.17) is 0 Å². The van der Waals surface area contributed by atoms with Crippen LogP contribution in [0.4, 0.5) is 11.5 Å². The molecular formula is C19H20BrN3O2. The van der Waals surface area contributed by atoms with Crippen molar-refractivity contribution in [2.45, 2.75) is 25.7 Å². The third kappa shape index (κ3) is 4.89. The summed E-state index contributed by atoms with van der Waals surface area (Å²) in [4.78, 5) is 30.8. The van der Waals surface area contributed by atoms with E-state index in [9.17, 15) is 9.59 Å². The van der Waals surface area contributed by atoms with Gasteiger partial charge in [0.05, 0.1) is 11.9 Å². The average molecular weight is 402 g/mol. The van der Waals surface area contributed by atoms with Crippen molar-refractivity contribution < 1.29 is 9.59 Å². The van der Waals surface area contributed by atoms with Gasteiger partial charge in [-0.05, 0) is 37.1 Å². The van der Waals surface area contributed by atoms with Gasteiger partial charge in [0.2, 0.25) is 5.91 Å². The Balaban J connectivity index is 1.48. The topological polar surface area (TPSA) is 62.3 Å².